The molecule has 0 bridgehead atoms. The van der Waals surface area contributed by atoms with Crippen LogP contribution in [0, 0.1) is 0 Å². The number of fused-ring (bicyclic) bond motifs is 1. The Morgan fingerprint density at radius 1 is 1.00 bits per heavy atom. The molecule has 1 aromatic heterocycles. The van der Waals surface area contributed by atoms with Crippen molar-refractivity contribution in [1.82, 2.24) is 20.1 Å². The van der Waals surface area contributed by atoms with Crippen LogP contribution in [0.3, 0.4) is 0 Å². The minimum atomic E-state index is -0.0787. The van der Waals surface area contributed by atoms with Crippen LogP contribution in [-0.4, -0.2) is 72.9 Å². The molecule has 2 aromatic carbocycles. The lowest BCUT2D eigenvalue weighted by atomic mass is 10.0. The summed E-state index contributed by atoms with van der Waals surface area (Å²) in [5.41, 5.74) is 3.78. The first-order chi connectivity index (χ1) is 16.5. The van der Waals surface area contributed by atoms with Crippen molar-refractivity contribution in [3.63, 3.8) is 0 Å². The average molecular weight is 460 g/mol. The Balaban J connectivity index is 1.46. The third-order valence-electron chi connectivity index (χ3n) is 6.28. The van der Waals surface area contributed by atoms with Crippen molar-refractivity contribution < 1.29 is 9.59 Å². The first-order valence-electron chi connectivity index (χ1n) is 12.0. The van der Waals surface area contributed by atoms with Gasteiger partial charge in [-0.2, -0.15) is 0 Å². The summed E-state index contributed by atoms with van der Waals surface area (Å²) in [6.45, 7) is 7.84. The van der Waals surface area contributed by atoms with Crippen LogP contribution in [0.1, 0.15) is 30.1 Å². The Morgan fingerprint density at radius 2 is 1.74 bits per heavy atom. The Bertz CT molecular complexity index is 1140. The number of pyridine rings is 1. The molecule has 0 radical (unpaired) electrons. The van der Waals surface area contributed by atoms with E-state index in [0.717, 1.165) is 67.0 Å². The molecular weight excluding hydrogens is 426 g/mol. The lowest BCUT2D eigenvalue weighted by Gasteiger charge is -2.32. The van der Waals surface area contributed by atoms with Crippen LogP contribution in [0.25, 0.3) is 22.2 Å². The number of hydrogen-bond acceptors (Lipinski definition) is 5. The molecule has 4 rings (SSSR count). The second-order valence-electron chi connectivity index (χ2n) is 8.81. The van der Waals surface area contributed by atoms with E-state index in [2.05, 4.69) is 27.5 Å². The second kappa shape index (κ2) is 11.2. The second-order valence-corrected chi connectivity index (χ2v) is 8.81. The number of benzene rings is 2. The van der Waals surface area contributed by atoms with Gasteiger partial charge in [-0.1, -0.05) is 37.3 Å². The van der Waals surface area contributed by atoms with E-state index >= 15 is 0 Å². The molecule has 0 saturated carbocycles. The number of likely N-dealkylation sites (N-methyl/N-ethyl adjacent to an activating group) is 1. The number of carbonyl (C=O) groups is 2. The number of hydrogen-bond donors (Lipinski definition) is 2. The molecule has 0 unspecified atom stereocenters. The highest BCUT2D eigenvalue weighted by molar-refractivity contribution is 6.07. The monoisotopic (exact) mass is 459 g/mol. The van der Waals surface area contributed by atoms with E-state index in [1.54, 1.807) is 0 Å². The molecule has 1 fully saturated rings. The molecule has 1 aliphatic rings. The largest absolute Gasteiger partial charge is 0.352 e. The summed E-state index contributed by atoms with van der Waals surface area (Å²) >= 11 is 0. The smallest absolute Gasteiger partial charge is 0.252 e. The molecule has 0 spiro atoms. The van der Waals surface area contributed by atoms with Crippen molar-refractivity contribution in [2.24, 2.45) is 0 Å². The highest BCUT2D eigenvalue weighted by Crippen LogP contribution is 2.26. The fourth-order valence-electron chi connectivity index (χ4n) is 4.16. The number of amides is 2. The van der Waals surface area contributed by atoms with Gasteiger partial charge in [0.1, 0.15) is 0 Å². The van der Waals surface area contributed by atoms with Crippen molar-refractivity contribution in [2.45, 2.75) is 19.8 Å². The number of anilines is 1. The number of para-hydroxylation sites is 1. The van der Waals surface area contributed by atoms with Gasteiger partial charge in [0.25, 0.3) is 5.91 Å². The lowest BCUT2D eigenvalue weighted by molar-refractivity contribution is -0.115. The summed E-state index contributed by atoms with van der Waals surface area (Å²) in [5.74, 6) is -0.104. The average Bonchev–Trinajstić information content (AvgIpc) is 2.87. The first kappa shape index (κ1) is 23.9. The van der Waals surface area contributed by atoms with Crippen molar-refractivity contribution in [2.75, 3.05) is 51.6 Å². The lowest BCUT2D eigenvalue weighted by Crippen LogP contribution is -2.45. The standard InChI is InChI=1S/C27H33N5O2/c1-3-26(33)29-21-11-9-20(10-12-21)25-19-23(22-7-4-5-8-24(22)30-25)27(34)28-13-6-14-32-17-15-31(2)16-18-32/h4-5,7-12,19H,3,6,13-18H2,1-2H3,(H,28,34)(H,29,33). The zero-order valence-corrected chi connectivity index (χ0v) is 20.0. The summed E-state index contributed by atoms with van der Waals surface area (Å²) in [4.78, 5) is 34.4. The van der Waals surface area contributed by atoms with Gasteiger partial charge in [0.2, 0.25) is 5.91 Å². The third kappa shape index (κ3) is 5.98. The number of nitrogens with zero attached hydrogens (tertiary/aromatic N) is 3. The predicted octanol–water partition coefficient (Wildman–Crippen LogP) is 3.62. The van der Waals surface area contributed by atoms with Crippen LogP contribution in [0.5, 0.6) is 0 Å². The summed E-state index contributed by atoms with van der Waals surface area (Å²) < 4.78 is 0. The van der Waals surface area contributed by atoms with E-state index in [9.17, 15) is 9.59 Å². The normalized spacial score (nSPS) is 14.8. The van der Waals surface area contributed by atoms with E-state index in [0.29, 0.717) is 18.5 Å². The number of nitrogens with one attached hydrogen (secondary N) is 2. The number of aromatic nitrogens is 1. The van der Waals surface area contributed by atoms with E-state index in [1.807, 2.05) is 61.5 Å². The van der Waals surface area contributed by atoms with E-state index in [4.69, 9.17) is 4.98 Å². The molecule has 2 amide bonds. The van der Waals surface area contributed by atoms with Gasteiger partial charge >= 0.3 is 0 Å². The van der Waals surface area contributed by atoms with E-state index < -0.39 is 0 Å². The quantitative estimate of drug-likeness (QED) is 0.503. The summed E-state index contributed by atoms with van der Waals surface area (Å²) in [7, 11) is 2.16. The summed E-state index contributed by atoms with van der Waals surface area (Å²) in [6, 6.07) is 17.1. The van der Waals surface area contributed by atoms with Gasteiger partial charge < -0.3 is 20.4 Å². The Hall–Kier alpha value is -3.29. The van der Waals surface area contributed by atoms with Crippen LogP contribution in [0.4, 0.5) is 5.69 Å². The molecule has 1 saturated heterocycles. The number of piperazine rings is 1. The van der Waals surface area contributed by atoms with Crippen molar-refractivity contribution in [1.29, 1.82) is 0 Å². The van der Waals surface area contributed by atoms with E-state index in [1.165, 1.54) is 0 Å². The van der Waals surface area contributed by atoms with Gasteiger partial charge in [-0.05, 0) is 44.3 Å². The zero-order chi connectivity index (χ0) is 23.9. The minimum Gasteiger partial charge on any atom is -0.352 e. The molecule has 2 N–H and O–H groups in total. The highest BCUT2D eigenvalue weighted by Gasteiger charge is 2.15. The van der Waals surface area contributed by atoms with Gasteiger partial charge in [-0.15, -0.1) is 0 Å². The Labute approximate surface area is 201 Å². The van der Waals surface area contributed by atoms with Crippen molar-refractivity contribution in [3.05, 3.63) is 60.2 Å². The maximum absolute atomic E-state index is 13.1. The van der Waals surface area contributed by atoms with Crippen molar-refractivity contribution >= 4 is 28.4 Å². The third-order valence-corrected chi connectivity index (χ3v) is 6.28. The van der Waals surface area contributed by atoms with Crippen LogP contribution in [-0.2, 0) is 4.79 Å². The molecule has 2 heterocycles. The molecule has 0 aliphatic carbocycles. The Morgan fingerprint density at radius 3 is 2.47 bits per heavy atom. The predicted molar refractivity (Wildman–Crippen MR) is 137 cm³/mol. The number of rotatable bonds is 8. The molecule has 1 aliphatic heterocycles. The van der Waals surface area contributed by atoms with Crippen LogP contribution in [0.2, 0.25) is 0 Å². The maximum Gasteiger partial charge on any atom is 0.252 e. The zero-order valence-electron chi connectivity index (χ0n) is 20.0. The molecule has 3 aromatic rings. The first-order valence-corrected chi connectivity index (χ1v) is 12.0. The van der Waals surface area contributed by atoms with Crippen LogP contribution >= 0.6 is 0 Å². The molecule has 34 heavy (non-hydrogen) atoms. The van der Waals surface area contributed by atoms with Crippen LogP contribution < -0.4 is 10.6 Å². The Kier molecular flexibility index (Phi) is 7.87. The fraction of sp³-hybridized carbons (Fsp3) is 0.370. The van der Waals surface area contributed by atoms with Gasteiger partial charge in [0, 0.05) is 55.8 Å². The molecule has 7 heteroatoms. The number of carbonyl (C=O) groups excluding carboxylic acids is 2. The molecular formula is C27H33N5O2. The topological polar surface area (TPSA) is 77.6 Å². The molecule has 7 nitrogen and oxygen atoms in total. The summed E-state index contributed by atoms with van der Waals surface area (Å²) in [5, 5.41) is 6.80. The highest BCUT2D eigenvalue weighted by atomic mass is 16.2. The van der Waals surface area contributed by atoms with Crippen LogP contribution in [0.15, 0.2) is 54.6 Å². The van der Waals surface area contributed by atoms with Crippen molar-refractivity contribution in [3.8, 4) is 11.3 Å². The fourth-order valence-corrected chi connectivity index (χ4v) is 4.16. The van der Waals surface area contributed by atoms with Gasteiger partial charge in [-0.3, -0.25) is 9.59 Å². The van der Waals surface area contributed by atoms with Gasteiger partial charge in [-0.25, -0.2) is 4.98 Å². The minimum absolute atomic E-state index is 0.0249. The SMILES string of the molecule is CCC(=O)Nc1ccc(-c2cc(C(=O)NCCCN3CCN(C)CC3)c3ccccc3n2)cc1. The van der Waals surface area contributed by atoms with Gasteiger partial charge in [0.15, 0.2) is 0 Å². The summed E-state index contributed by atoms with van der Waals surface area (Å²) in [6.07, 6.45) is 1.36. The van der Waals surface area contributed by atoms with E-state index in [-0.39, 0.29) is 11.8 Å². The molecule has 178 valence electrons. The van der Waals surface area contributed by atoms with Gasteiger partial charge in [0.05, 0.1) is 16.8 Å². The molecule has 0 atom stereocenters. The maximum atomic E-state index is 13.1.